The smallest absolute Gasteiger partial charge is 0.0792 e. The van der Waals surface area contributed by atoms with Gasteiger partial charge in [0.25, 0.3) is 0 Å². The zero-order chi connectivity index (χ0) is 7.68. The standard InChI is InChI=1S/C10H12O/c11-10-7-3-5-8-4-1-2-6-9(8)10/h1-2,4,6,10-11H,3,5,7H2/i1+1,2+1,4+1,5+1,6+1,8+1,9+1,10+1. The number of benzene rings is 1. The first-order valence-electron chi connectivity index (χ1n) is 4.14. The van der Waals surface area contributed by atoms with Gasteiger partial charge in [-0.2, -0.15) is 0 Å². The topological polar surface area (TPSA) is 20.2 Å². The second-order valence-corrected chi connectivity index (χ2v) is 3.11. The van der Waals surface area contributed by atoms with Crippen molar-refractivity contribution in [2.45, 2.75) is 25.4 Å². The Morgan fingerprint density at radius 1 is 1.27 bits per heavy atom. The van der Waals surface area contributed by atoms with E-state index in [9.17, 15) is 5.11 Å². The van der Waals surface area contributed by atoms with Gasteiger partial charge in [0, 0.05) is 0 Å². The van der Waals surface area contributed by atoms with Crippen molar-refractivity contribution in [2.24, 2.45) is 0 Å². The van der Waals surface area contributed by atoms with E-state index in [2.05, 4.69) is 6.07 Å². The fourth-order valence-corrected chi connectivity index (χ4v) is 1.73. The third-order valence-electron chi connectivity index (χ3n) is 2.34. The molecule has 0 saturated carbocycles. The van der Waals surface area contributed by atoms with Gasteiger partial charge in [-0.1, -0.05) is 24.3 Å². The Bertz CT molecular complexity index is 255. The number of aliphatic hydroxyl groups is 1. The van der Waals surface area contributed by atoms with Crippen LogP contribution >= 0.6 is 0 Å². The van der Waals surface area contributed by atoms with E-state index in [0.29, 0.717) is 0 Å². The van der Waals surface area contributed by atoms with E-state index in [-0.39, 0.29) is 6.10 Å². The monoisotopic (exact) mass is 156 g/mol. The third-order valence-corrected chi connectivity index (χ3v) is 2.34. The lowest BCUT2D eigenvalue weighted by Crippen LogP contribution is -2.08. The lowest BCUT2D eigenvalue weighted by atomic mass is 10.4. The predicted molar refractivity (Wildman–Crippen MR) is 44.3 cm³/mol. The molecule has 0 fully saturated rings. The maximum absolute atomic E-state index is 9.56. The minimum Gasteiger partial charge on any atom is -0.388 e. The molecule has 1 aliphatic carbocycles. The van der Waals surface area contributed by atoms with E-state index in [0.717, 1.165) is 24.8 Å². The summed E-state index contributed by atoms with van der Waals surface area (Å²) in [6.07, 6.45) is 2.97. The Morgan fingerprint density at radius 2 is 2.09 bits per heavy atom. The summed E-state index contributed by atoms with van der Waals surface area (Å²) >= 11 is 0. The number of aryl methyl sites for hydroxylation is 1. The number of hydrogen-bond acceptors (Lipinski definition) is 1. The SMILES string of the molecule is O[13CH]1CC[13CH2][13c]2[13cH][13cH][13cH][13cH][13c]21. The molecule has 1 aromatic rings. The summed E-state index contributed by atoms with van der Waals surface area (Å²) in [5.41, 5.74) is 2.46. The molecule has 0 saturated heterocycles. The molecule has 1 heteroatoms. The van der Waals surface area contributed by atoms with Gasteiger partial charge in [-0.25, -0.2) is 0 Å². The molecule has 2 rings (SSSR count). The van der Waals surface area contributed by atoms with Crippen LogP contribution in [0, 0.1) is 0 Å². The molecule has 0 spiro atoms. The molecule has 0 heterocycles. The van der Waals surface area contributed by atoms with E-state index >= 15 is 0 Å². The van der Waals surface area contributed by atoms with Crippen LogP contribution in [0.15, 0.2) is 24.3 Å². The summed E-state index contributed by atoms with van der Waals surface area (Å²) in [7, 11) is 0. The van der Waals surface area contributed by atoms with Gasteiger partial charge in [-0.3, -0.25) is 0 Å². The van der Waals surface area contributed by atoms with Crippen LogP contribution in [-0.4, -0.2) is 5.11 Å². The fraction of sp³-hybridized carbons (Fsp3) is 0.400. The van der Waals surface area contributed by atoms with Crippen molar-refractivity contribution < 1.29 is 5.11 Å². The molecule has 58 valence electrons. The quantitative estimate of drug-likeness (QED) is 0.570. The predicted octanol–water partition coefficient (Wildman–Crippen LogP) is 2.06. The van der Waals surface area contributed by atoms with Gasteiger partial charge in [-0.05, 0) is 30.4 Å². The van der Waals surface area contributed by atoms with Crippen molar-refractivity contribution in [2.75, 3.05) is 0 Å². The van der Waals surface area contributed by atoms with Crippen LogP contribution in [0.5, 0.6) is 0 Å². The molecule has 0 amide bonds. The van der Waals surface area contributed by atoms with Gasteiger partial charge in [0.1, 0.15) is 0 Å². The van der Waals surface area contributed by atoms with Crippen molar-refractivity contribution in [1.82, 2.24) is 0 Å². The fourth-order valence-electron chi connectivity index (χ4n) is 1.73. The minimum atomic E-state index is -0.208. The van der Waals surface area contributed by atoms with Crippen LogP contribution in [0.25, 0.3) is 0 Å². The molecule has 1 aromatic carbocycles. The van der Waals surface area contributed by atoms with Crippen LogP contribution in [0.4, 0.5) is 0 Å². The second kappa shape index (κ2) is 2.67. The van der Waals surface area contributed by atoms with Crippen LogP contribution in [0.3, 0.4) is 0 Å². The molecule has 0 aromatic heterocycles. The van der Waals surface area contributed by atoms with Gasteiger partial charge < -0.3 is 5.11 Å². The lowest BCUT2D eigenvalue weighted by molar-refractivity contribution is 0.156. The number of rotatable bonds is 0. The van der Waals surface area contributed by atoms with Crippen LogP contribution in [-0.2, 0) is 6.42 Å². The maximum Gasteiger partial charge on any atom is 0.0792 e. The zero-order valence-corrected chi connectivity index (χ0v) is 6.46. The van der Waals surface area contributed by atoms with Crippen LogP contribution in [0.2, 0.25) is 0 Å². The molecule has 0 aliphatic heterocycles. The molecule has 0 radical (unpaired) electrons. The molecular formula is C10H12O. The second-order valence-electron chi connectivity index (χ2n) is 3.11. The molecular weight excluding hydrogens is 144 g/mol. The molecule has 1 nitrogen and oxygen atoms in total. The Kier molecular flexibility index (Phi) is 1.66. The van der Waals surface area contributed by atoms with Crippen molar-refractivity contribution in [1.29, 1.82) is 0 Å². The van der Waals surface area contributed by atoms with Crippen molar-refractivity contribution >= 4 is 0 Å². The average molecular weight is 156 g/mol. The van der Waals surface area contributed by atoms with Crippen LogP contribution in [0.1, 0.15) is 30.1 Å². The summed E-state index contributed by atoms with van der Waals surface area (Å²) in [4.78, 5) is 0. The number of hydrogen-bond donors (Lipinski definition) is 1. The van der Waals surface area contributed by atoms with Gasteiger partial charge in [-0.15, -0.1) is 0 Å². The largest absolute Gasteiger partial charge is 0.388 e. The summed E-state index contributed by atoms with van der Waals surface area (Å²) < 4.78 is 0. The summed E-state index contributed by atoms with van der Waals surface area (Å²) in [5.74, 6) is 0. The van der Waals surface area contributed by atoms with Gasteiger partial charge in [0.15, 0.2) is 0 Å². The van der Waals surface area contributed by atoms with E-state index in [4.69, 9.17) is 0 Å². The van der Waals surface area contributed by atoms with Gasteiger partial charge in [0.05, 0.1) is 6.10 Å². The molecule has 0 bridgehead atoms. The zero-order valence-electron chi connectivity index (χ0n) is 6.46. The van der Waals surface area contributed by atoms with E-state index in [1.807, 2.05) is 18.2 Å². The highest BCUT2D eigenvalue weighted by atomic mass is 16.4. The Hall–Kier alpha value is -0.820. The maximum atomic E-state index is 9.56. The van der Waals surface area contributed by atoms with E-state index in [1.54, 1.807) is 0 Å². The molecule has 1 atom stereocenters. The number of fused-ring (bicyclic) bond motifs is 1. The lowest BCUT2D eigenvalue weighted by Gasteiger charge is -2.20. The average Bonchev–Trinajstić information content (AvgIpc) is 2.06. The Balaban J connectivity index is 2.44. The van der Waals surface area contributed by atoms with Crippen LogP contribution < -0.4 is 0 Å². The van der Waals surface area contributed by atoms with Crippen molar-refractivity contribution in [3.63, 3.8) is 0 Å². The highest BCUT2D eigenvalue weighted by Gasteiger charge is 2.15. The minimum absolute atomic E-state index is 0.208. The molecule has 1 unspecified atom stereocenters. The molecule has 1 aliphatic rings. The van der Waals surface area contributed by atoms with E-state index in [1.165, 1.54) is 5.56 Å². The van der Waals surface area contributed by atoms with Crippen molar-refractivity contribution in [3.8, 4) is 0 Å². The van der Waals surface area contributed by atoms with Gasteiger partial charge in [0.2, 0.25) is 0 Å². The summed E-state index contributed by atoms with van der Waals surface area (Å²) in [6, 6.07) is 8.17. The Labute approximate surface area is 66.7 Å². The third kappa shape index (κ3) is 1.16. The first-order valence-corrected chi connectivity index (χ1v) is 4.14. The van der Waals surface area contributed by atoms with Crippen molar-refractivity contribution in [3.05, 3.63) is 35.4 Å². The highest BCUT2D eigenvalue weighted by Crippen LogP contribution is 2.28. The van der Waals surface area contributed by atoms with E-state index < -0.39 is 0 Å². The highest BCUT2D eigenvalue weighted by molar-refractivity contribution is 5.30. The first-order chi connectivity index (χ1) is 5.38. The molecule has 11 heavy (non-hydrogen) atoms. The molecule has 1 N–H and O–H groups in total. The number of aliphatic hydroxyl groups excluding tert-OH is 1. The Morgan fingerprint density at radius 3 is 2.91 bits per heavy atom. The van der Waals surface area contributed by atoms with Gasteiger partial charge >= 0.3 is 0 Å². The summed E-state index contributed by atoms with van der Waals surface area (Å²) in [5, 5.41) is 9.56. The summed E-state index contributed by atoms with van der Waals surface area (Å²) in [6.45, 7) is 0. The first kappa shape index (κ1) is 6.86. The normalized spacial score (nSPS) is 22.8.